The summed E-state index contributed by atoms with van der Waals surface area (Å²) in [6, 6.07) is 10.6. The second-order valence-corrected chi connectivity index (χ2v) is 7.66. The van der Waals surface area contributed by atoms with E-state index in [0.29, 0.717) is 0 Å². The summed E-state index contributed by atoms with van der Waals surface area (Å²) in [5.74, 6) is -2.06. The molecule has 0 radical (unpaired) electrons. The van der Waals surface area contributed by atoms with E-state index >= 15 is 0 Å². The minimum atomic E-state index is -3.67. The highest BCUT2D eigenvalue weighted by Gasteiger charge is 2.24. The van der Waals surface area contributed by atoms with Crippen molar-refractivity contribution in [2.75, 3.05) is 7.11 Å². The van der Waals surface area contributed by atoms with Crippen LogP contribution < -0.4 is 0 Å². The van der Waals surface area contributed by atoms with E-state index in [-0.39, 0.29) is 34.1 Å². The van der Waals surface area contributed by atoms with Gasteiger partial charge in [-0.2, -0.15) is 0 Å². The number of hydrogen-bond acceptors (Lipinski definition) is 8. The van der Waals surface area contributed by atoms with Gasteiger partial charge in [-0.1, -0.05) is 18.2 Å². The number of methoxy groups -OCH3 is 1. The lowest BCUT2D eigenvalue weighted by atomic mass is 10.2. The highest BCUT2D eigenvalue weighted by atomic mass is 32.2. The maximum absolute atomic E-state index is 12.5. The molecule has 0 amide bonds. The number of carbonyl (C=O) groups excluding carboxylic acids is 2. The Balaban J connectivity index is 1.72. The van der Waals surface area contributed by atoms with Crippen molar-refractivity contribution < 1.29 is 36.3 Å². The Morgan fingerprint density at radius 2 is 1.68 bits per heavy atom. The van der Waals surface area contributed by atoms with Crippen molar-refractivity contribution in [2.24, 2.45) is 0 Å². The summed E-state index contributed by atoms with van der Waals surface area (Å²) in [7, 11) is -2.45. The van der Waals surface area contributed by atoms with Crippen LogP contribution in [0.25, 0.3) is 0 Å². The zero-order valence-electron chi connectivity index (χ0n) is 14.8. The Morgan fingerprint density at radius 1 is 0.964 bits per heavy atom. The first-order valence-electron chi connectivity index (χ1n) is 8.08. The predicted octanol–water partition coefficient (Wildman–Crippen LogP) is 2.99. The summed E-state index contributed by atoms with van der Waals surface area (Å²) in [5.41, 5.74) is 0.295. The summed E-state index contributed by atoms with van der Waals surface area (Å²) < 4.78 is 45.0. The Bertz CT molecular complexity index is 1080. The highest BCUT2D eigenvalue weighted by molar-refractivity contribution is 7.90. The molecule has 28 heavy (non-hydrogen) atoms. The Labute approximate surface area is 160 Å². The van der Waals surface area contributed by atoms with Gasteiger partial charge in [0, 0.05) is 5.56 Å². The lowest BCUT2D eigenvalue weighted by Crippen LogP contribution is -2.11. The van der Waals surface area contributed by atoms with Gasteiger partial charge in [-0.15, -0.1) is 0 Å². The molecule has 0 saturated heterocycles. The maximum Gasteiger partial charge on any atom is 0.374 e. The van der Waals surface area contributed by atoms with Crippen LogP contribution in [-0.4, -0.2) is 27.5 Å². The molecule has 9 heteroatoms. The van der Waals surface area contributed by atoms with Crippen LogP contribution in [0, 0.1) is 0 Å². The number of furan rings is 2. The van der Waals surface area contributed by atoms with Gasteiger partial charge < -0.3 is 18.3 Å². The second kappa shape index (κ2) is 8.13. The Hall–Kier alpha value is -3.33. The van der Waals surface area contributed by atoms with Gasteiger partial charge in [0.1, 0.15) is 5.56 Å². The van der Waals surface area contributed by atoms with Gasteiger partial charge >= 0.3 is 11.9 Å². The number of carbonyl (C=O) groups is 2. The van der Waals surface area contributed by atoms with Crippen LogP contribution in [0.3, 0.4) is 0 Å². The largest absolute Gasteiger partial charge is 0.465 e. The third-order valence-corrected chi connectivity index (χ3v) is 5.55. The molecular formula is C19H16O8S. The van der Waals surface area contributed by atoms with Crippen molar-refractivity contribution in [3.8, 4) is 0 Å². The average molecular weight is 404 g/mol. The topological polar surface area (TPSA) is 113 Å². The maximum atomic E-state index is 12.5. The molecule has 0 unspecified atom stereocenters. The number of hydrogen-bond donors (Lipinski definition) is 0. The summed E-state index contributed by atoms with van der Waals surface area (Å²) in [6.07, 6.45) is 2.47. The molecule has 2 heterocycles. The van der Waals surface area contributed by atoms with Crippen molar-refractivity contribution in [1.29, 1.82) is 0 Å². The van der Waals surface area contributed by atoms with Crippen LogP contribution in [0.2, 0.25) is 0 Å². The van der Waals surface area contributed by atoms with Gasteiger partial charge in [0.15, 0.2) is 22.2 Å². The molecule has 0 spiro atoms. The summed E-state index contributed by atoms with van der Waals surface area (Å²) >= 11 is 0. The number of sulfone groups is 1. The summed E-state index contributed by atoms with van der Waals surface area (Å²) in [6.45, 7) is -0.345. The zero-order chi connectivity index (χ0) is 20.1. The first-order valence-corrected chi connectivity index (χ1v) is 9.73. The van der Waals surface area contributed by atoms with E-state index in [4.69, 9.17) is 13.6 Å². The van der Waals surface area contributed by atoms with Crippen molar-refractivity contribution in [3.63, 3.8) is 0 Å². The molecule has 2 aromatic heterocycles. The lowest BCUT2D eigenvalue weighted by Gasteiger charge is -2.06. The number of benzene rings is 1. The van der Waals surface area contributed by atoms with E-state index in [1.54, 1.807) is 18.2 Å². The molecular weight excluding hydrogens is 388 g/mol. The van der Waals surface area contributed by atoms with Crippen molar-refractivity contribution >= 4 is 21.8 Å². The van der Waals surface area contributed by atoms with Gasteiger partial charge in [-0.25, -0.2) is 18.0 Å². The van der Waals surface area contributed by atoms with Crippen molar-refractivity contribution in [1.82, 2.24) is 0 Å². The minimum Gasteiger partial charge on any atom is -0.465 e. The standard InChI is InChI=1S/C19H16O8S/c1-24-18(20)15-8-10-25-16(15)11-27-19(21)17-13(7-9-26-17)12-28(22,23)14-5-3-2-4-6-14/h2-10H,11-12H2,1H3. The third kappa shape index (κ3) is 4.15. The normalized spacial score (nSPS) is 11.2. The van der Waals surface area contributed by atoms with Crippen LogP contribution >= 0.6 is 0 Å². The fraction of sp³-hybridized carbons (Fsp3) is 0.158. The van der Waals surface area contributed by atoms with Crippen LogP contribution in [0.5, 0.6) is 0 Å². The quantitative estimate of drug-likeness (QED) is 0.552. The number of ether oxygens (including phenoxy) is 2. The van der Waals surface area contributed by atoms with Gasteiger partial charge in [0.05, 0.1) is 30.3 Å². The Kier molecular flexibility index (Phi) is 5.65. The van der Waals surface area contributed by atoms with Crippen LogP contribution in [-0.2, 0) is 31.7 Å². The number of rotatable bonds is 7. The van der Waals surface area contributed by atoms with E-state index in [0.717, 1.165) is 0 Å². The molecule has 146 valence electrons. The fourth-order valence-electron chi connectivity index (χ4n) is 2.49. The molecule has 0 N–H and O–H groups in total. The zero-order valence-corrected chi connectivity index (χ0v) is 15.6. The van der Waals surface area contributed by atoms with Crippen LogP contribution in [0.1, 0.15) is 32.2 Å². The second-order valence-electron chi connectivity index (χ2n) is 5.67. The van der Waals surface area contributed by atoms with Gasteiger partial charge in [0.25, 0.3) is 0 Å². The van der Waals surface area contributed by atoms with Crippen LogP contribution in [0.15, 0.2) is 68.7 Å². The SMILES string of the molecule is COC(=O)c1ccoc1COC(=O)c1occc1CS(=O)(=O)c1ccccc1. The van der Waals surface area contributed by atoms with Gasteiger partial charge in [-0.05, 0) is 24.3 Å². The molecule has 1 aromatic carbocycles. The molecule has 0 bridgehead atoms. The predicted molar refractivity (Wildman–Crippen MR) is 95.2 cm³/mol. The molecule has 0 saturated carbocycles. The molecule has 8 nitrogen and oxygen atoms in total. The monoisotopic (exact) mass is 404 g/mol. The molecule has 0 aliphatic heterocycles. The number of esters is 2. The lowest BCUT2D eigenvalue weighted by molar-refractivity contribution is 0.0397. The first-order chi connectivity index (χ1) is 13.4. The fourth-order valence-corrected chi connectivity index (χ4v) is 3.86. The molecule has 3 rings (SSSR count). The van der Waals surface area contributed by atoms with Gasteiger partial charge in [-0.3, -0.25) is 0 Å². The molecule has 0 aliphatic rings. The van der Waals surface area contributed by atoms with Gasteiger partial charge in [0.2, 0.25) is 5.76 Å². The molecule has 0 aliphatic carbocycles. The Morgan fingerprint density at radius 3 is 2.39 bits per heavy atom. The van der Waals surface area contributed by atoms with E-state index in [1.807, 2.05) is 0 Å². The molecule has 3 aromatic rings. The van der Waals surface area contributed by atoms with E-state index in [9.17, 15) is 18.0 Å². The third-order valence-electron chi connectivity index (χ3n) is 3.87. The highest BCUT2D eigenvalue weighted by Crippen LogP contribution is 2.21. The van der Waals surface area contributed by atoms with E-state index < -0.39 is 27.5 Å². The van der Waals surface area contributed by atoms with Crippen molar-refractivity contribution in [2.45, 2.75) is 17.3 Å². The first kappa shape index (κ1) is 19.4. The van der Waals surface area contributed by atoms with E-state index in [1.165, 1.54) is 43.9 Å². The average Bonchev–Trinajstić information content (AvgIpc) is 3.35. The van der Waals surface area contributed by atoms with Crippen LogP contribution in [0.4, 0.5) is 0 Å². The summed E-state index contributed by atoms with van der Waals surface area (Å²) in [4.78, 5) is 24.1. The minimum absolute atomic E-state index is 0.102. The summed E-state index contributed by atoms with van der Waals surface area (Å²) in [5, 5.41) is 0. The molecule has 0 fully saturated rings. The van der Waals surface area contributed by atoms with Crippen molar-refractivity contribution in [3.05, 3.63) is 77.6 Å². The molecule has 0 atom stereocenters. The smallest absolute Gasteiger partial charge is 0.374 e. The van der Waals surface area contributed by atoms with E-state index in [2.05, 4.69) is 4.74 Å².